The van der Waals surface area contributed by atoms with Crippen LogP contribution in [0.2, 0.25) is 0 Å². The summed E-state index contributed by atoms with van der Waals surface area (Å²) in [6.45, 7) is 0.197. The topological polar surface area (TPSA) is 95.6 Å². The molecule has 2 aromatic heterocycles. The lowest BCUT2D eigenvalue weighted by Gasteiger charge is -2.11. The van der Waals surface area contributed by atoms with E-state index in [4.69, 9.17) is 9.84 Å². The van der Waals surface area contributed by atoms with Gasteiger partial charge in [-0.1, -0.05) is 6.07 Å². The third kappa shape index (κ3) is 2.84. The first-order valence-corrected chi connectivity index (χ1v) is 7.77. The molecule has 0 saturated carbocycles. The molecule has 1 saturated heterocycles. The van der Waals surface area contributed by atoms with Gasteiger partial charge in [0.05, 0.1) is 25.3 Å². The highest BCUT2D eigenvalue weighted by Gasteiger charge is 2.34. The Hall–Kier alpha value is -2.63. The summed E-state index contributed by atoms with van der Waals surface area (Å²) in [7, 11) is 0. The molecule has 0 unspecified atom stereocenters. The molecule has 1 aliphatic heterocycles. The number of aromatic nitrogens is 1. The Morgan fingerprint density at radius 3 is 2.91 bits per heavy atom. The van der Waals surface area contributed by atoms with Crippen molar-refractivity contribution in [3.05, 3.63) is 51.3 Å². The van der Waals surface area contributed by atoms with Crippen molar-refractivity contribution >= 4 is 22.4 Å². The molecule has 0 bridgehead atoms. The van der Waals surface area contributed by atoms with Crippen LogP contribution in [0.1, 0.15) is 11.1 Å². The molecule has 3 heterocycles. The number of carbonyl (C=O) groups excluding carboxylic acids is 1. The van der Waals surface area contributed by atoms with Crippen LogP contribution in [-0.2, 0) is 11.3 Å². The summed E-state index contributed by atoms with van der Waals surface area (Å²) in [6.07, 6.45) is 0.481. The van der Waals surface area contributed by atoms with Crippen molar-refractivity contribution in [2.75, 3.05) is 18.1 Å². The van der Waals surface area contributed by atoms with Gasteiger partial charge in [-0.15, -0.1) is 11.3 Å². The first-order chi connectivity index (χ1) is 11.1. The number of nitrogens with zero attached hydrogens (tertiary/aromatic N) is 3. The van der Waals surface area contributed by atoms with Crippen molar-refractivity contribution in [3.8, 4) is 6.07 Å². The van der Waals surface area contributed by atoms with Gasteiger partial charge in [0.15, 0.2) is 0 Å². The lowest BCUT2D eigenvalue weighted by Crippen LogP contribution is -2.25. The monoisotopic (exact) mass is 331 g/mol. The fourth-order valence-corrected chi connectivity index (χ4v) is 3.39. The second kappa shape index (κ2) is 6.24. The molecule has 1 atom stereocenters. The van der Waals surface area contributed by atoms with Gasteiger partial charge in [-0.2, -0.15) is 5.26 Å². The van der Waals surface area contributed by atoms with E-state index in [9.17, 15) is 14.9 Å². The molecule has 0 spiro atoms. The summed E-state index contributed by atoms with van der Waals surface area (Å²) < 4.78 is 6.49. The van der Waals surface area contributed by atoms with Crippen molar-refractivity contribution in [1.29, 1.82) is 5.26 Å². The lowest BCUT2D eigenvalue weighted by atomic mass is 10.2. The van der Waals surface area contributed by atoms with Crippen LogP contribution in [0.25, 0.3) is 0 Å². The number of aliphatic hydroxyl groups excluding tert-OH is 1. The molecular formula is C15H13N3O4S. The zero-order valence-corrected chi connectivity index (χ0v) is 12.8. The van der Waals surface area contributed by atoms with E-state index in [1.807, 2.05) is 0 Å². The second-order valence-electron chi connectivity index (χ2n) is 5.02. The quantitative estimate of drug-likeness (QED) is 0.906. The largest absolute Gasteiger partial charge is 0.441 e. The molecule has 1 fully saturated rings. The highest BCUT2D eigenvalue weighted by molar-refractivity contribution is 7.14. The number of aliphatic hydroxyl groups is 1. The van der Waals surface area contributed by atoms with E-state index in [0.29, 0.717) is 16.1 Å². The average Bonchev–Trinajstić information content (AvgIpc) is 3.12. The molecule has 3 rings (SSSR count). The summed E-state index contributed by atoms with van der Waals surface area (Å²) in [5.74, 6) is 0. The predicted molar refractivity (Wildman–Crippen MR) is 83.5 cm³/mol. The van der Waals surface area contributed by atoms with Crippen LogP contribution in [0.15, 0.2) is 34.6 Å². The molecule has 8 heteroatoms. The minimum atomic E-state index is -0.587. The Bertz CT molecular complexity index is 836. The van der Waals surface area contributed by atoms with Crippen LogP contribution >= 0.6 is 11.3 Å². The molecular weight excluding hydrogens is 318 g/mol. The van der Waals surface area contributed by atoms with Gasteiger partial charge in [0.2, 0.25) is 0 Å². The van der Waals surface area contributed by atoms with Crippen LogP contribution in [0.4, 0.5) is 9.80 Å². The molecule has 7 nitrogen and oxygen atoms in total. The Morgan fingerprint density at radius 2 is 2.26 bits per heavy atom. The highest BCUT2D eigenvalue weighted by Crippen LogP contribution is 2.34. The normalized spacial score (nSPS) is 17.1. The number of nitriles is 1. The predicted octanol–water partition coefficient (Wildman–Crippen LogP) is 1.15. The summed E-state index contributed by atoms with van der Waals surface area (Å²) in [5.41, 5.74) is 0.854. The van der Waals surface area contributed by atoms with Crippen LogP contribution in [0.5, 0.6) is 0 Å². The van der Waals surface area contributed by atoms with Crippen molar-refractivity contribution in [1.82, 2.24) is 4.57 Å². The Morgan fingerprint density at radius 1 is 1.43 bits per heavy atom. The molecule has 0 aromatic carbocycles. The van der Waals surface area contributed by atoms with E-state index in [1.54, 1.807) is 23.7 Å². The molecule has 0 radical (unpaired) electrons. The lowest BCUT2D eigenvalue weighted by molar-refractivity contribution is 0.0963. The van der Waals surface area contributed by atoms with Gasteiger partial charge in [0, 0.05) is 17.8 Å². The minimum Gasteiger partial charge on any atom is -0.441 e. The molecule has 23 heavy (non-hydrogen) atoms. The van der Waals surface area contributed by atoms with Crippen LogP contribution in [-0.4, -0.2) is 35.0 Å². The van der Waals surface area contributed by atoms with Crippen LogP contribution in [0, 0.1) is 11.3 Å². The number of cyclic esters (lactones) is 1. The minimum absolute atomic E-state index is 0.162. The maximum atomic E-state index is 11.9. The second-order valence-corrected chi connectivity index (χ2v) is 5.88. The van der Waals surface area contributed by atoms with Gasteiger partial charge in [-0.3, -0.25) is 9.69 Å². The van der Waals surface area contributed by atoms with E-state index in [1.165, 1.54) is 26.9 Å². The Balaban J connectivity index is 1.92. The van der Waals surface area contributed by atoms with Gasteiger partial charge >= 0.3 is 6.09 Å². The van der Waals surface area contributed by atoms with Gasteiger partial charge in [0.25, 0.3) is 5.56 Å². The highest BCUT2D eigenvalue weighted by atomic mass is 32.1. The standard InChI is InChI=1S/C15H13N3O4S/c16-5-12-10(6-17-4-2-1-3-13(17)20)9-23-14(12)18-7-11(8-19)22-15(18)21/h1-4,9,11,19H,6-8H2/t11-/m1/s1. The SMILES string of the molecule is N#Cc1c(Cn2ccccc2=O)csc1N1C[C@H](CO)OC1=O. The Kier molecular flexibility index (Phi) is 4.14. The molecule has 1 N–H and O–H groups in total. The van der Waals surface area contributed by atoms with E-state index < -0.39 is 12.2 Å². The number of ether oxygens (including phenoxy) is 1. The third-order valence-corrected chi connectivity index (χ3v) is 4.57. The number of thiophene rings is 1. The molecule has 1 amide bonds. The van der Waals surface area contributed by atoms with Gasteiger partial charge < -0.3 is 14.4 Å². The maximum absolute atomic E-state index is 11.9. The van der Waals surface area contributed by atoms with Crippen LogP contribution in [0.3, 0.4) is 0 Å². The molecule has 2 aromatic rings. The first kappa shape index (κ1) is 15.3. The van der Waals surface area contributed by atoms with E-state index in [-0.39, 0.29) is 25.3 Å². The number of rotatable bonds is 4. The van der Waals surface area contributed by atoms with Gasteiger partial charge in [-0.25, -0.2) is 4.79 Å². The third-order valence-electron chi connectivity index (χ3n) is 3.52. The summed E-state index contributed by atoms with van der Waals surface area (Å²) >= 11 is 1.24. The van der Waals surface area contributed by atoms with Crippen LogP contribution < -0.4 is 10.5 Å². The van der Waals surface area contributed by atoms with Crippen molar-refractivity contribution in [3.63, 3.8) is 0 Å². The summed E-state index contributed by atoms with van der Waals surface area (Å²) in [5, 5.41) is 20.8. The smallest absolute Gasteiger partial charge is 0.415 e. The number of pyridine rings is 1. The number of carbonyl (C=O) groups is 1. The van der Waals surface area contributed by atoms with Crippen molar-refractivity contribution in [2.24, 2.45) is 0 Å². The number of hydrogen-bond acceptors (Lipinski definition) is 6. The zero-order chi connectivity index (χ0) is 16.4. The Labute approximate surface area is 135 Å². The summed E-state index contributed by atoms with van der Waals surface area (Å²) in [6, 6.07) is 6.94. The summed E-state index contributed by atoms with van der Waals surface area (Å²) in [4.78, 5) is 25.0. The fourth-order valence-electron chi connectivity index (χ4n) is 2.37. The van der Waals surface area contributed by atoms with Crippen molar-refractivity contribution < 1.29 is 14.6 Å². The molecule has 0 aliphatic carbocycles. The molecule has 1 aliphatic rings. The first-order valence-electron chi connectivity index (χ1n) is 6.89. The number of anilines is 1. The zero-order valence-electron chi connectivity index (χ0n) is 12.0. The van der Waals surface area contributed by atoms with Gasteiger partial charge in [-0.05, 0) is 11.4 Å². The van der Waals surface area contributed by atoms with E-state index in [0.717, 1.165) is 0 Å². The fraction of sp³-hybridized carbons (Fsp3) is 0.267. The van der Waals surface area contributed by atoms with E-state index >= 15 is 0 Å². The maximum Gasteiger partial charge on any atom is 0.415 e. The molecule has 118 valence electrons. The van der Waals surface area contributed by atoms with Gasteiger partial charge in [0.1, 0.15) is 17.2 Å². The number of amides is 1. The van der Waals surface area contributed by atoms with Crippen molar-refractivity contribution in [2.45, 2.75) is 12.6 Å². The average molecular weight is 331 g/mol. The number of hydrogen-bond donors (Lipinski definition) is 1. The van der Waals surface area contributed by atoms with E-state index in [2.05, 4.69) is 6.07 Å².